The van der Waals surface area contributed by atoms with E-state index in [4.69, 9.17) is 19.3 Å². The molecule has 0 heterocycles. The van der Waals surface area contributed by atoms with E-state index in [0.29, 0.717) is 17.9 Å². The lowest BCUT2D eigenvalue weighted by Gasteiger charge is -2.24. The van der Waals surface area contributed by atoms with Gasteiger partial charge in [0.2, 0.25) is 0 Å². The van der Waals surface area contributed by atoms with Crippen LogP contribution >= 0.6 is 0 Å². The summed E-state index contributed by atoms with van der Waals surface area (Å²) in [5, 5.41) is 9.03. The number of hydrogen-bond acceptors (Lipinski definition) is 4. The van der Waals surface area contributed by atoms with Crippen LogP contribution in [0.2, 0.25) is 0 Å². The average molecular weight is 200 g/mol. The Morgan fingerprint density at radius 1 is 1.36 bits per heavy atom. The van der Waals surface area contributed by atoms with Gasteiger partial charge in [-0.3, -0.25) is 0 Å². The molecule has 0 radical (unpaired) electrons. The summed E-state index contributed by atoms with van der Waals surface area (Å²) < 4.78 is 15.6. The van der Waals surface area contributed by atoms with Gasteiger partial charge in [-0.2, -0.15) is 0 Å². The smallest absolute Gasteiger partial charge is 0.166 e. The molecule has 0 aromatic rings. The molecule has 4 heteroatoms. The minimum Gasteiger partial charge on any atom is -0.494 e. The molecule has 0 saturated heterocycles. The highest BCUT2D eigenvalue weighted by atomic mass is 16.5. The predicted molar refractivity (Wildman–Crippen MR) is 51.6 cm³/mol. The third kappa shape index (κ3) is 2.08. The number of ether oxygens (including phenoxy) is 3. The Balaban J connectivity index is 2.97. The number of allylic oxidation sites excluding steroid dienone is 1. The molecule has 1 N–H and O–H groups in total. The van der Waals surface area contributed by atoms with Crippen LogP contribution in [0, 0.1) is 0 Å². The Labute approximate surface area is 83.8 Å². The molecule has 0 aromatic carbocycles. The molecule has 1 aliphatic rings. The zero-order valence-corrected chi connectivity index (χ0v) is 8.74. The highest BCUT2D eigenvalue weighted by Crippen LogP contribution is 2.26. The van der Waals surface area contributed by atoms with E-state index in [-0.39, 0.29) is 12.7 Å². The molecule has 0 saturated carbocycles. The van der Waals surface area contributed by atoms with Crippen molar-refractivity contribution in [2.24, 2.45) is 0 Å². The first-order chi connectivity index (χ1) is 6.76. The second kappa shape index (κ2) is 5.02. The number of aliphatic hydroxyl groups excluding tert-OH is 1. The van der Waals surface area contributed by atoms with Gasteiger partial charge in [-0.25, -0.2) is 0 Å². The lowest BCUT2D eigenvalue weighted by atomic mass is 10.0. The zero-order chi connectivity index (χ0) is 10.6. The van der Waals surface area contributed by atoms with E-state index in [1.54, 1.807) is 27.4 Å². The lowest BCUT2D eigenvalue weighted by Crippen LogP contribution is -2.22. The lowest BCUT2D eigenvalue weighted by molar-refractivity contribution is 0.0630. The maximum atomic E-state index is 9.03. The molecule has 0 aliphatic heterocycles. The third-order valence-corrected chi connectivity index (χ3v) is 2.25. The summed E-state index contributed by atoms with van der Waals surface area (Å²) in [7, 11) is 4.76. The van der Waals surface area contributed by atoms with Crippen molar-refractivity contribution in [2.75, 3.05) is 27.9 Å². The Morgan fingerprint density at radius 3 is 2.50 bits per heavy atom. The van der Waals surface area contributed by atoms with Crippen molar-refractivity contribution >= 4 is 0 Å². The topological polar surface area (TPSA) is 47.9 Å². The van der Waals surface area contributed by atoms with Crippen molar-refractivity contribution in [3.05, 3.63) is 23.2 Å². The minimum absolute atomic E-state index is 0.0176. The summed E-state index contributed by atoms with van der Waals surface area (Å²) >= 11 is 0. The Hall–Kier alpha value is -1.00. The van der Waals surface area contributed by atoms with E-state index in [1.807, 2.05) is 0 Å². The summed E-state index contributed by atoms with van der Waals surface area (Å²) in [5.41, 5.74) is 0.884. The number of aliphatic hydroxyl groups is 1. The van der Waals surface area contributed by atoms with E-state index in [1.165, 1.54) is 0 Å². The summed E-state index contributed by atoms with van der Waals surface area (Å²) in [6.07, 6.45) is 2.26. The first kappa shape index (κ1) is 11.1. The second-order valence-corrected chi connectivity index (χ2v) is 3.03. The fraction of sp³-hybridized carbons (Fsp3) is 0.600. The standard InChI is InChI=1S/C10H16O4/c1-12-8-4-7(6-11)5-9(13-2)10(8)14-3/h4,9,11H,5-6H2,1-3H3. The van der Waals surface area contributed by atoms with Crippen molar-refractivity contribution in [2.45, 2.75) is 12.5 Å². The second-order valence-electron chi connectivity index (χ2n) is 3.03. The van der Waals surface area contributed by atoms with E-state index in [9.17, 15) is 0 Å². The van der Waals surface area contributed by atoms with Gasteiger partial charge in [-0.1, -0.05) is 0 Å². The van der Waals surface area contributed by atoms with Crippen LogP contribution in [0.25, 0.3) is 0 Å². The molecule has 80 valence electrons. The molecule has 0 amide bonds. The Kier molecular flexibility index (Phi) is 3.98. The highest BCUT2D eigenvalue weighted by molar-refractivity contribution is 5.30. The van der Waals surface area contributed by atoms with Crippen LogP contribution in [-0.2, 0) is 14.2 Å². The molecular formula is C10H16O4. The number of rotatable bonds is 4. The Morgan fingerprint density at radius 2 is 2.07 bits per heavy atom. The van der Waals surface area contributed by atoms with Crippen molar-refractivity contribution in [1.82, 2.24) is 0 Å². The SMILES string of the molecule is COC1=C(OC)C(OC)CC(CO)=C1. The van der Waals surface area contributed by atoms with Crippen LogP contribution in [0.1, 0.15) is 6.42 Å². The van der Waals surface area contributed by atoms with Crippen LogP contribution in [-0.4, -0.2) is 39.1 Å². The fourth-order valence-electron chi connectivity index (χ4n) is 1.50. The van der Waals surface area contributed by atoms with E-state index in [0.717, 1.165) is 5.57 Å². The van der Waals surface area contributed by atoms with Gasteiger partial charge in [0.15, 0.2) is 11.5 Å². The molecule has 1 atom stereocenters. The predicted octanol–water partition coefficient (Wildman–Crippen LogP) is 0.828. The first-order valence-electron chi connectivity index (χ1n) is 4.42. The van der Waals surface area contributed by atoms with Gasteiger partial charge in [0, 0.05) is 13.5 Å². The van der Waals surface area contributed by atoms with Gasteiger partial charge in [0.25, 0.3) is 0 Å². The van der Waals surface area contributed by atoms with E-state index >= 15 is 0 Å². The van der Waals surface area contributed by atoms with Crippen LogP contribution in [0.4, 0.5) is 0 Å². The molecule has 14 heavy (non-hydrogen) atoms. The largest absolute Gasteiger partial charge is 0.494 e. The van der Waals surface area contributed by atoms with E-state index in [2.05, 4.69) is 0 Å². The normalized spacial score (nSPS) is 22.0. The molecule has 1 aliphatic carbocycles. The average Bonchev–Trinajstić information content (AvgIpc) is 2.26. The monoisotopic (exact) mass is 200 g/mol. The van der Waals surface area contributed by atoms with Crippen molar-refractivity contribution in [1.29, 1.82) is 0 Å². The fourth-order valence-corrected chi connectivity index (χ4v) is 1.50. The first-order valence-corrected chi connectivity index (χ1v) is 4.42. The summed E-state index contributed by atoms with van der Waals surface area (Å²) in [6, 6.07) is 0. The summed E-state index contributed by atoms with van der Waals surface area (Å²) in [5.74, 6) is 1.29. The van der Waals surface area contributed by atoms with Crippen LogP contribution < -0.4 is 0 Å². The van der Waals surface area contributed by atoms with Gasteiger partial charge >= 0.3 is 0 Å². The zero-order valence-electron chi connectivity index (χ0n) is 8.74. The van der Waals surface area contributed by atoms with Crippen molar-refractivity contribution < 1.29 is 19.3 Å². The maximum Gasteiger partial charge on any atom is 0.166 e. The Bertz CT molecular complexity index is 255. The van der Waals surface area contributed by atoms with Crippen LogP contribution in [0.3, 0.4) is 0 Å². The molecular weight excluding hydrogens is 184 g/mol. The number of methoxy groups -OCH3 is 3. The molecule has 0 fully saturated rings. The van der Waals surface area contributed by atoms with Gasteiger partial charge in [0.05, 0.1) is 20.8 Å². The third-order valence-electron chi connectivity index (χ3n) is 2.25. The number of hydrogen-bond donors (Lipinski definition) is 1. The molecule has 0 bridgehead atoms. The molecule has 0 spiro atoms. The van der Waals surface area contributed by atoms with Gasteiger partial charge in [-0.05, 0) is 11.6 Å². The summed E-state index contributed by atoms with van der Waals surface area (Å²) in [6.45, 7) is 0.0176. The van der Waals surface area contributed by atoms with Gasteiger partial charge < -0.3 is 19.3 Å². The highest BCUT2D eigenvalue weighted by Gasteiger charge is 2.25. The minimum atomic E-state index is -0.165. The van der Waals surface area contributed by atoms with Gasteiger partial charge in [0.1, 0.15) is 6.10 Å². The summed E-state index contributed by atoms with van der Waals surface area (Å²) in [4.78, 5) is 0. The van der Waals surface area contributed by atoms with Crippen LogP contribution in [0.5, 0.6) is 0 Å². The molecule has 4 nitrogen and oxygen atoms in total. The molecule has 1 unspecified atom stereocenters. The molecule has 0 aromatic heterocycles. The van der Waals surface area contributed by atoms with Crippen molar-refractivity contribution in [3.63, 3.8) is 0 Å². The van der Waals surface area contributed by atoms with Crippen LogP contribution in [0.15, 0.2) is 23.2 Å². The van der Waals surface area contributed by atoms with Crippen molar-refractivity contribution in [3.8, 4) is 0 Å². The molecule has 1 rings (SSSR count). The van der Waals surface area contributed by atoms with E-state index < -0.39 is 0 Å². The van der Waals surface area contributed by atoms with Gasteiger partial charge in [-0.15, -0.1) is 0 Å². The maximum absolute atomic E-state index is 9.03. The quantitative estimate of drug-likeness (QED) is 0.730.